The molecule has 31 heavy (non-hydrogen) atoms. The molecule has 1 aliphatic heterocycles. The number of rotatable bonds is 7. The van der Waals surface area contributed by atoms with Crippen molar-refractivity contribution in [3.63, 3.8) is 0 Å². The summed E-state index contributed by atoms with van der Waals surface area (Å²) in [6, 6.07) is 17.4. The summed E-state index contributed by atoms with van der Waals surface area (Å²) in [5, 5.41) is 3.01. The van der Waals surface area contributed by atoms with Crippen LogP contribution >= 0.6 is 0 Å². The Morgan fingerprint density at radius 3 is 2.71 bits per heavy atom. The van der Waals surface area contributed by atoms with E-state index in [9.17, 15) is 9.59 Å². The number of para-hydroxylation sites is 3. The number of aryl methyl sites for hydroxylation is 1. The Bertz CT molecular complexity index is 1050. The molecule has 162 valence electrons. The summed E-state index contributed by atoms with van der Waals surface area (Å²) in [4.78, 5) is 31.7. The van der Waals surface area contributed by atoms with Gasteiger partial charge in [0.05, 0.1) is 36.5 Å². The second-order valence-corrected chi connectivity index (χ2v) is 7.88. The highest BCUT2D eigenvalue weighted by Crippen LogP contribution is 2.19. The van der Waals surface area contributed by atoms with Crippen molar-refractivity contribution in [1.29, 1.82) is 0 Å². The fraction of sp³-hybridized carbons (Fsp3) is 0.375. The van der Waals surface area contributed by atoms with Crippen LogP contribution in [0.15, 0.2) is 54.6 Å². The number of carbonyl (C=O) groups excluding carboxylic acids is 2. The van der Waals surface area contributed by atoms with Crippen molar-refractivity contribution >= 4 is 22.8 Å². The van der Waals surface area contributed by atoms with Crippen molar-refractivity contribution in [1.82, 2.24) is 19.8 Å². The summed E-state index contributed by atoms with van der Waals surface area (Å²) in [5.74, 6) is 1.39. The minimum atomic E-state index is -0.192. The van der Waals surface area contributed by atoms with Gasteiger partial charge in [-0.2, -0.15) is 0 Å². The third-order valence-corrected chi connectivity index (χ3v) is 5.77. The molecule has 7 nitrogen and oxygen atoms in total. The SMILES string of the molecule is Cn1c(CNC(=O)C2CCCN(C(=O)CCOc3ccccc3)C2)nc2ccccc21. The van der Waals surface area contributed by atoms with E-state index in [0.717, 1.165) is 35.4 Å². The minimum absolute atomic E-state index is 0.0231. The van der Waals surface area contributed by atoms with Gasteiger partial charge in [-0.15, -0.1) is 0 Å². The molecular weight excluding hydrogens is 392 g/mol. The molecular formula is C24H28N4O3. The first-order valence-corrected chi connectivity index (χ1v) is 10.8. The molecule has 1 saturated heterocycles. The third kappa shape index (κ3) is 5.05. The van der Waals surface area contributed by atoms with Crippen molar-refractivity contribution in [3.8, 4) is 5.75 Å². The van der Waals surface area contributed by atoms with Gasteiger partial charge in [0, 0.05) is 20.1 Å². The zero-order chi connectivity index (χ0) is 21.6. The largest absolute Gasteiger partial charge is 0.493 e. The number of likely N-dealkylation sites (tertiary alicyclic amines) is 1. The van der Waals surface area contributed by atoms with Gasteiger partial charge >= 0.3 is 0 Å². The number of hydrogen-bond acceptors (Lipinski definition) is 4. The van der Waals surface area contributed by atoms with E-state index in [2.05, 4.69) is 10.3 Å². The molecule has 0 spiro atoms. The summed E-state index contributed by atoms with van der Waals surface area (Å²) in [6.07, 6.45) is 1.93. The van der Waals surface area contributed by atoms with Gasteiger partial charge in [-0.1, -0.05) is 30.3 Å². The standard InChI is InChI=1S/C24H28N4O3/c1-27-21-12-6-5-11-20(21)26-22(27)16-25-24(30)18-8-7-14-28(17-18)23(29)13-15-31-19-9-3-2-4-10-19/h2-6,9-12,18H,7-8,13-17H2,1H3,(H,25,30). The van der Waals surface area contributed by atoms with E-state index in [4.69, 9.17) is 4.74 Å². The highest BCUT2D eigenvalue weighted by atomic mass is 16.5. The molecule has 1 unspecified atom stereocenters. The van der Waals surface area contributed by atoms with Crippen molar-refractivity contribution in [2.24, 2.45) is 13.0 Å². The summed E-state index contributed by atoms with van der Waals surface area (Å²) in [5.41, 5.74) is 1.96. The average molecular weight is 421 g/mol. The highest BCUT2D eigenvalue weighted by Gasteiger charge is 2.28. The van der Waals surface area contributed by atoms with Gasteiger partial charge in [0.2, 0.25) is 11.8 Å². The maximum atomic E-state index is 12.8. The molecule has 1 atom stereocenters. The van der Waals surface area contributed by atoms with E-state index in [1.807, 2.05) is 66.2 Å². The summed E-state index contributed by atoms with van der Waals surface area (Å²) in [6.45, 7) is 1.86. The number of hydrogen-bond donors (Lipinski definition) is 1. The molecule has 1 aliphatic rings. The second kappa shape index (κ2) is 9.64. The first-order chi connectivity index (χ1) is 15.1. The molecule has 1 N–H and O–H groups in total. The number of nitrogens with zero attached hydrogens (tertiary/aromatic N) is 3. The number of fused-ring (bicyclic) bond motifs is 1. The maximum Gasteiger partial charge on any atom is 0.226 e. The first-order valence-electron chi connectivity index (χ1n) is 10.8. The topological polar surface area (TPSA) is 76.5 Å². The lowest BCUT2D eigenvalue weighted by molar-refractivity contribution is -0.136. The Labute approximate surface area is 182 Å². The predicted molar refractivity (Wildman–Crippen MR) is 118 cm³/mol. The molecule has 7 heteroatoms. The van der Waals surface area contributed by atoms with Crippen LogP contribution in [0.1, 0.15) is 25.1 Å². The smallest absolute Gasteiger partial charge is 0.226 e. The van der Waals surface area contributed by atoms with E-state index in [1.165, 1.54) is 0 Å². The molecule has 1 aromatic heterocycles. The molecule has 0 radical (unpaired) electrons. The number of carbonyl (C=O) groups is 2. The molecule has 2 aromatic carbocycles. The molecule has 2 heterocycles. The first kappa shape index (κ1) is 20.9. The molecule has 0 aliphatic carbocycles. The number of imidazole rings is 1. The monoisotopic (exact) mass is 420 g/mol. The molecule has 1 fully saturated rings. The van der Waals surface area contributed by atoms with Gasteiger partial charge < -0.3 is 19.5 Å². The predicted octanol–water partition coefficient (Wildman–Crippen LogP) is 2.90. The summed E-state index contributed by atoms with van der Waals surface area (Å²) >= 11 is 0. The van der Waals surface area contributed by atoms with Gasteiger partial charge in [-0.05, 0) is 37.1 Å². The lowest BCUT2D eigenvalue weighted by Gasteiger charge is -2.32. The molecule has 4 rings (SSSR count). The van der Waals surface area contributed by atoms with Crippen LogP contribution in [0.4, 0.5) is 0 Å². The van der Waals surface area contributed by atoms with Gasteiger partial charge in [0.25, 0.3) is 0 Å². The molecule has 3 aromatic rings. The zero-order valence-corrected chi connectivity index (χ0v) is 17.8. The highest BCUT2D eigenvalue weighted by molar-refractivity contribution is 5.81. The Morgan fingerprint density at radius 2 is 1.90 bits per heavy atom. The van der Waals surface area contributed by atoms with Crippen molar-refractivity contribution in [3.05, 3.63) is 60.4 Å². The summed E-state index contributed by atoms with van der Waals surface area (Å²) in [7, 11) is 1.95. The van der Waals surface area contributed by atoms with E-state index < -0.39 is 0 Å². The van der Waals surface area contributed by atoms with Crippen LogP contribution in [0, 0.1) is 5.92 Å². The van der Waals surface area contributed by atoms with Gasteiger partial charge in [-0.3, -0.25) is 9.59 Å². The summed E-state index contributed by atoms with van der Waals surface area (Å²) < 4.78 is 7.63. The van der Waals surface area contributed by atoms with Gasteiger partial charge in [-0.25, -0.2) is 4.98 Å². The Balaban J connectivity index is 1.26. The Morgan fingerprint density at radius 1 is 1.13 bits per heavy atom. The van der Waals surface area contributed by atoms with Crippen LogP contribution < -0.4 is 10.1 Å². The quantitative estimate of drug-likeness (QED) is 0.638. The van der Waals surface area contributed by atoms with Crippen LogP contribution in [-0.4, -0.2) is 46.0 Å². The minimum Gasteiger partial charge on any atom is -0.493 e. The Kier molecular flexibility index (Phi) is 6.50. The maximum absolute atomic E-state index is 12.8. The van der Waals surface area contributed by atoms with Crippen LogP contribution in [-0.2, 0) is 23.2 Å². The number of piperidine rings is 1. The lowest BCUT2D eigenvalue weighted by atomic mass is 9.97. The molecule has 0 bridgehead atoms. The van der Waals surface area contributed by atoms with Crippen molar-refractivity contribution in [2.45, 2.75) is 25.8 Å². The molecule has 2 amide bonds. The van der Waals surface area contributed by atoms with Crippen LogP contribution in [0.5, 0.6) is 5.75 Å². The van der Waals surface area contributed by atoms with E-state index in [1.54, 1.807) is 4.90 Å². The third-order valence-electron chi connectivity index (χ3n) is 5.77. The fourth-order valence-corrected chi connectivity index (χ4v) is 4.01. The van der Waals surface area contributed by atoms with Crippen LogP contribution in [0.2, 0.25) is 0 Å². The number of aromatic nitrogens is 2. The van der Waals surface area contributed by atoms with E-state index in [-0.39, 0.29) is 17.7 Å². The fourth-order valence-electron chi connectivity index (χ4n) is 4.01. The number of benzene rings is 2. The Hall–Kier alpha value is -3.35. The zero-order valence-electron chi connectivity index (χ0n) is 17.8. The van der Waals surface area contributed by atoms with Gasteiger partial charge in [0.1, 0.15) is 11.6 Å². The van der Waals surface area contributed by atoms with Crippen LogP contribution in [0.3, 0.4) is 0 Å². The van der Waals surface area contributed by atoms with E-state index in [0.29, 0.717) is 32.7 Å². The number of ether oxygens (including phenoxy) is 1. The van der Waals surface area contributed by atoms with Crippen molar-refractivity contribution < 1.29 is 14.3 Å². The van der Waals surface area contributed by atoms with Crippen molar-refractivity contribution in [2.75, 3.05) is 19.7 Å². The van der Waals surface area contributed by atoms with Gasteiger partial charge in [0.15, 0.2) is 0 Å². The molecule has 0 saturated carbocycles. The number of nitrogens with one attached hydrogen (secondary N) is 1. The van der Waals surface area contributed by atoms with Crippen LogP contribution in [0.25, 0.3) is 11.0 Å². The second-order valence-electron chi connectivity index (χ2n) is 7.88. The normalized spacial score (nSPS) is 16.3. The lowest BCUT2D eigenvalue weighted by Crippen LogP contribution is -2.45. The number of amides is 2. The van der Waals surface area contributed by atoms with E-state index >= 15 is 0 Å². The average Bonchev–Trinajstić information content (AvgIpc) is 3.14.